The summed E-state index contributed by atoms with van der Waals surface area (Å²) in [6.07, 6.45) is 0. The molecular formula is C51H35N. The van der Waals surface area contributed by atoms with Crippen molar-refractivity contribution >= 4 is 38.6 Å². The first kappa shape index (κ1) is 30.2. The number of anilines is 3. The molecule has 0 bridgehead atoms. The lowest BCUT2D eigenvalue weighted by atomic mass is 9.67. The van der Waals surface area contributed by atoms with Gasteiger partial charge in [-0.2, -0.15) is 0 Å². The Morgan fingerprint density at radius 2 is 0.846 bits per heavy atom. The molecule has 9 aromatic rings. The summed E-state index contributed by atoms with van der Waals surface area (Å²) in [4.78, 5) is 2.31. The molecule has 0 aromatic heterocycles. The van der Waals surface area contributed by atoms with Gasteiger partial charge >= 0.3 is 0 Å². The van der Waals surface area contributed by atoms with Crippen molar-refractivity contribution in [3.05, 3.63) is 235 Å². The van der Waals surface area contributed by atoms with Crippen molar-refractivity contribution in [2.24, 2.45) is 0 Å². The molecule has 52 heavy (non-hydrogen) atoms. The second-order valence-electron chi connectivity index (χ2n) is 13.7. The third-order valence-corrected chi connectivity index (χ3v) is 10.9. The summed E-state index contributed by atoms with van der Waals surface area (Å²) in [7, 11) is 0. The van der Waals surface area contributed by atoms with Crippen molar-refractivity contribution in [3.8, 4) is 22.3 Å². The summed E-state index contributed by atoms with van der Waals surface area (Å²) >= 11 is 0. The van der Waals surface area contributed by atoms with Crippen molar-refractivity contribution in [2.45, 2.75) is 5.41 Å². The highest BCUT2D eigenvalue weighted by molar-refractivity contribution is 6.14. The van der Waals surface area contributed by atoms with Crippen molar-refractivity contribution in [1.29, 1.82) is 0 Å². The van der Waals surface area contributed by atoms with E-state index in [0.717, 1.165) is 17.1 Å². The fourth-order valence-corrected chi connectivity index (χ4v) is 8.66. The third kappa shape index (κ3) is 4.63. The molecule has 0 atom stereocenters. The summed E-state index contributed by atoms with van der Waals surface area (Å²) in [5, 5.41) is 5.14. The van der Waals surface area contributed by atoms with Gasteiger partial charge in [0, 0.05) is 17.1 Å². The molecule has 1 heteroatoms. The fraction of sp³-hybridized carbons (Fsp3) is 0.0196. The Morgan fingerprint density at radius 3 is 1.48 bits per heavy atom. The zero-order chi connectivity index (χ0) is 34.5. The smallest absolute Gasteiger partial charge is 0.0714 e. The highest BCUT2D eigenvalue weighted by Crippen LogP contribution is 2.58. The van der Waals surface area contributed by atoms with Crippen LogP contribution >= 0.6 is 0 Å². The van der Waals surface area contributed by atoms with E-state index in [1.54, 1.807) is 0 Å². The Bertz CT molecular complexity index is 2620. The molecule has 0 amide bonds. The van der Waals surface area contributed by atoms with Gasteiger partial charge in [0.15, 0.2) is 0 Å². The maximum atomic E-state index is 2.46. The number of fused-ring (bicyclic) bond motifs is 7. The summed E-state index contributed by atoms with van der Waals surface area (Å²) in [5.74, 6) is 0. The van der Waals surface area contributed by atoms with E-state index in [-0.39, 0.29) is 0 Å². The lowest BCUT2D eigenvalue weighted by Crippen LogP contribution is -2.28. The SMILES string of the molecule is c1ccc(N(c2ccccc2)c2ccc(-c3ccc4c(c3)C(c3ccccc3)(c3ccccc3)c3ccc5c(ccc6ccccc65)c3-4)cc2)cc1. The number of rotatable bonds is 6. The van der Waals surface area contributed by atoms with Crippen LogP contribution in [0.25, 0.3) is 43.8 Å². The average Bonchev–Trinajstić information content (AvgIpc) is 3.53. The van der Waals surface area contributed by atoms with E-state index in [0.29, 0.717) is 0 Å². The second kappa shape index (κ2) is 12.3. The number of hydrogen-bond donors (Lipinski definition) is 0. The van der Waals surface area contributed by atoms with Crippen LogP contribution in [0.1, 0.15) is 22.3 Å². The molecule has 0 saturated heterocycles. The molecule has 0 N–H and O–H groups in total. The van der Waals surface area contributed by atoms with Crippen LogP contribution in [-0.2, 0) is 5.41 Å². The standard InChI is InChI=1S/C51H35N/c1-5-16-39(17-6-1)51(40-18-7-2-8-19-40)48-34-33-45-44-24-14-13-15-37(44)27-31-46(45)50(48)47-32-28-38(35-49(47)51)36-25-29-43(30-26-36)52(41-20-9-3-10-21-41)42-22-11-4-12-23-42/h1-35H. The zero-order valence-corrected chi connectivity index (χ0v) is 28.7. The normalized spacial score (nSPS) is 12.8. The van der Waals surface area contributed by atoms with Gasteiger partial charge in [-0.05, 0) is 109 Å². The predicted octanol–water partition coefficient (Wildman–Crippen LogP) is 13.5. The molecule has 0 fully saturated rings. The minimum Gasteiger partial charge on any atom is -0.311 e. The van der Waals surface area contributed by atoms with Gasteiger partial charge in [-0.25, -0.2) is 0 Å². The zero-order valence-electron chi connectivity index (χ0n) is 28.7. The largest absolute Gasteiger partial charge is 0.311 e. The summed E-state index contributed by atoms with van der Waals surface area (Å²) in [6.45, 7) is 0. The molecule has 244 valence electrons. The highest BCUT2D eigenvalue weighted by Gasteiger charge is 2.46. The van der Waals surface area contributed by atoms with Crippen LogP contribution in [0.2, 0.25) is 0 Å². The molecule has 0 saturated carbocycles. The Morgan fingerprint density at radius 1 is 0.327 bits per heavy atom. The monoisotopic (exact) mass is 661 g/mol. The van der Waals surface area contributed by atoms with Gasteiger partial charge in [-0.3, -0.25) is 0 Å². The number of benzene rings is 9. The van der Waals surface area contributed by atoms with Gasteiger partial charge in [-0.15, -0.1) is 0 Å². The Kier molecular flexibility index (Phi) is 7.11. The number of hydrogen-bond acceptors (Lipinski definition) is 1. The lowest BCUT2D eigenvalue weighted by Gasteiger charge is -2.34. The van der Waals surface area contributed by atoms with Crippen molar-refractivity contribution in [3.63, 3.8) is 0 Å². The first-order valence-corrected chi connectivity index (χ1v) is 18.0. The van der Waals surface area contributed by atoms with E-state index in [2.05, 4.69) is 217 Å². The van der Waals surface area contributed by atoms with Gasteiger partial charge in [0.05, 0.1) is 5.41 Å². The van der Waals surface area contributed by atoms with E-state index in [4.69, 9.17) is 0 Å². The van der Waals surface area contributed by atoms with Crippen LogP contribution in [0.15, 0.2) is 212 Å². The van der Waals surface area contributed by atoms with E-state index in [1.807, 2.05) is 0 Å². The quantitative estimate of drug-likeness (QED) is 0.160. The van der Waals surface area contributed by atoms with Crippen molar-refractivity contribution < 1.29 is 0 Å². The molecule has 1 aliphatic rings. The molecule has 0 unspecified atom stereocenters. The maximum Gasteiger partial charge on any atom is 0.0714 e. The fourth-order valence-electron chi connectivity index (χ4n) is 8.66. The van der Waals surface area contributed by atoms with Crippen LogP contribution in [0, 0.1) is 0 Å². The topological polar surface area (TPSA) is 3.24 Å². The minimum absolute atomic E-state index is 0.486. The van der Waals surface area contributed by atoms with Crippen LogP contribution in [0.3, 0.4) is 0 Å². The van der Waals surface area contributed by atoms with Crippen LogP contribution in [0.5, 0.6) is 0 Å². The molecule has 0 aliphatic heterocycles. The van der Waals surface area contributed by atoms with E-state index in [1.165, 1.54) is 66.1 Å². The number of nitrogens with zero attached hydrogens (tertiary/aromatic N) is 1. The van der Waals surface area contributed by atoms with E-state index < -0.39 is 5.41 Å². The Hall–Kier alpha value is -6.70. The van der Waals surface area contributed by atoms with Gasteiger partial charge in [-0.1, -0.05) is 170 Å². The summed E-state index contributed by atoms with van der Waals surface area (Å²) in [6, 6.07) is 77.7. The Labute approximate surface area is 304 Å². The van der Waals surface area contributed by atoms with Crippen molar-refractivity contribution in [2.75, 3.05) is 4.90 Å². The molecule has 0 radical (unpaired) electrons. The van der Waals surface area contributed by atoms with Gasteiger partial charge in [0.2, 0.25) is 0 Å². The first-order chi connectivity index (χ1) is 25.8. The van der Waals surface area contributed by atoms with Crippen LogP contribution < -0.4 is 4.90 Å². The minimum atomic E-state index is -0.486. The van der Waals surface area contributed by atoms with Gasteiger partial charge in [0.25, 0.3) is 0 Å². The van der Waals surface area contributed by atoms with Gasteiger partial charge < -0.3 is 4.90 Å². The van der Waals surface area contributed by atoms with Crippen molar-refractivity contribution in [1.82, 2.24) is 0 Å². The Balaban J connectivity index is 1.19. The first-order valence-electron chi connectivity index (χ1n) is 18.0. The molecule has 0 heterocycles. The molecular weight excluding hydrogens is 627 g/mol. The number of para-hydroxylation sites is 2. The molecule has 9 aromatic carbocycles. The van der Waals surface area contributed by atoms with E-state index in [9.17, 15) is 0 Å². The second-order valence-corrected chi connectivity index (χ2v) is 13.7. The summed E-state index contributed by atoms with van der Waals surface area (Å²) in [5.41, 5.74) is 13.1. The van der Waals surface area contributed by atoms with Crippen LogP contribution in [0.4, 0.5) is 17.1 Å². The van der Waals surface area contributed by atoms with Crippen LogP contribution in [-0.4, -0.2) is 0 Å². The van der Waals surface area contributed by atoms with Gasteiger partial charge in [0.1, 0.15) is 0 Å². The molecule has 1 aliphatic carbocycles. The molecule has 10 rings (SSSR count). The predicted molar refractivity (Wildman–Crippen MR) is 219 cm³/mol. The van der Waals surface area contributed by atoms with E-state index >= 15 is 0 Å². The average molecular weight is 662 g/mol. The summed E-state index contributed by atoms with van der Waals surface area (Å²) < 4.78 is 0. The third-order valence-electron chi connectivity index (χ3n) is 10.9. The molecule has 1 nitrogen and oxygen atoms in total. The molecule has 0 spiro atoms. The maximum absolute atomic E-state index is 2.46. The highest BCUT2D eigenvalue weighted by atomic mass is 15.1. The lowest BCUT2D eigenvalue weighted by molar-refractivity contribution is 0.769.